The summed E-state index contributed by atoms with van der Waals surface area (Å²) in [6, 6.07) is 0. The lowest BCUT2D eigenvalue weighted by molar-refractivity contribution is -0.168. The molecule has 0 saturated heterocycles. The average Bonchev–Trinajstić information content (AvgIpc) is 2.03. The quantitative estimate of drug-likeness (QED) is 0.579. The summed E-state index contributed by atoms with van der Waals surface area (Å²) in [6.07, 6.45) is 0.246. The van der Waals surface area contributed by atoms with Gasteiger partial charge in [0.25, 0.3) is 0 Å². The molecule has 0 rings (SSSR count). The van der Waals surface area contributed by atoms with E-state index >= 15 is 0 Å². The zero-order chi connectivity index (χ0) is 9.56. The van der Waals surface area contributed by atoms with Gasteiger partial charge in [0.1, 0.15) is 12.5 Å². The van der Waals surface area contributed by atoms with E-state index in [4.69, 9.17) is 20.9 Å². The van der Waals surface area contributed by atoms with Crippen molar-refractivity contribution in [1.29, 1.82) is 0 Å². The number of ether oxygens (including phenoxy) is 2. The summed E-state index contributed by atoms with van der Waals surface area (Å²) in [4.78, 5) is 0. The maximum absolute atomic E-state index is 5.51. The van der Waals surface area contributed by atoms with Crippen molar-refractivity contribution in [1.82, 2.24) is 0 Å². The minimum absolute atomic E-state index is 0.323. The zero-order valence-electron chi connectivity index (χ0n) is 7.82. The first-order valence-corrected chi connectivity index (χ1v) is 4.25. The molecule has 2 atom stereocenters. The first-order valence-electron chi connectivity index (χ1n) is 4.25. The van der Waals surface area contributed by atoms with Crippen molar-refractivity contribution in [2.45, 2.75) is 45.4 Å². The lowest BCUT2D eigenvalue weighted by atomic mass is 10.4. The van der Waals surface area contributed by atoms with Gasteiger partial charge in [0, 0.05) is 6.92 Å². The standard InChI is InChI=1S/C8H19N2O2/c1-4-7(9)11-6(3)12-8(10)5-2/h6-8H,3-5,9-10H2,1-2H3. The highest BCUT2D eigenvalue weighted by Gasteiger charge is 2.10. The Balaban J connectivity index is 3.51. The van der Waals surface area contributed by atoms with Gasteiger partial charge in [0.15, 0.2) is 6.29 Å². The van der Waals surface area contributed by atoms with E-state index in [0.29, 0.717) is 0 Å². The van der Waals surface area contributed by atoms with Crippen LogP contribution in [0.25, 0.3) is 0 Å². The summed E-state index contributed by atoms with van der Waals surface area (Å²) in [6.45, 7) is 7.46. The van der Waals surface area contributed by atoms with Crippen LogP contribution < -0.4 is 11.5 Å². The second-order valence-electron chi connectivity index (χ2n) is 2.60. The molecule has 4 heteroatoms. The van der Waals surface area contributed by atoms with Crippen LogP contribution in [0.2, 0.25) is 0 Å². The summed E-state index contributed by atoms with van der Waals surface area (Å²) in [7, 11) is 0. The molecule has 1 radical (unpaired) electrons. The fraction of sp³-hybridized carbons (Fsp3) is 0.875. The second kappa shape index (κ2) is 6.37. The molecule has 0 heterocycles. The van der Waals surface area contributed by atoms with E-state index in [1.165, 1.54) is 0 Å². The van der Waals surface area contributed by atoms with Crippen LogP contribution in [0.1, 0.15) is 26.7 Å². The Morgan fingerprint density at radius 2 is 1.42 bits per heavy atom. The molecule has 12 heavy (non-hydrogen) atoms. The molecular weight excluding hydrogens is 156 g/mol. The normalized spacial score (nSPS) is 18.8. The van der Waals surface area contributed by atoms with Gasteiger partial charge in [0.05, 0.1) is 0 Å². The summed E-state index contributed by atoms with van der Waals surface area (Å²) >= 11 is 0. The van der Waals surface area contributed by atoms with Crippen LogP contribution in [0.15, 0.2) is 0 Å². The topological polar surface area (TPSA) is 70.5 Å². The molecule has 4 nitrogen and oxygen atoms in total. The molecular formula is C8H19N2O2. The smallest absolute Gasteiger partial charge is 0.161 e. The molecule has 0 aromatic carbocycles. The predicted octanol–water partition coefficient (Wildman–Crippen LogP) is 0.569. The molecule has 0 spiro atoms. The van der Waals surface area contributed by atoms with Gasteiger partial charge in [-0.25, -0.2) is 0 Å². The van der Waals surface area contributed by atoms with Gasteiger partial charge in [-0.2, -0.15) is 0 Å². The van der Waals surface area contributed by atoms with Gasteiger partial charge in [0.2, 0.25) is 0 Å². The van der Waals surface area contributed by atoms with Gasteiger partial charge in [-0.1, -0.05) is 13.8 Å². The van der Waals surface area contributed by atoms with Crippen LogP contribution in [0, 0.1) is 6.92 Å². The van der Waals surface area contributed by atoms with E-state index in [0.717, 1.165) is 12.8 Å². The van der Waals surface area contributed by atoms with E-state index < -0.39 is 6.29 Å². The van der Waals surface area contributed by atoms with E-state index in [2.05, 4.69) is 6.92 Å². The van der Waals surface area contributed by atoms with Gasteiger partial charge in [-0.3, -0.25) is 0 Å². The van der Waals surface area contributed by atoms with Crippen molar-refractivity contribution in [3.8, 4) is 0 Å². The molecule has 0 bridgehead atoms. The van der Waals surface area contributed by atoms with Crippen LogP contribution in [-0.2, 0) is 9.47 Å². The first kappa shape index (κ1) is 11.8. The maximum atomic E-state index is 5.51. The van der Waals surface area contributed by atoms with E-state index in [1.807, 2.05) is 13.8 Å². The van der Waals surface area contributed by atoms with Crippen LogP contribution in [-0.4, -0.2) is 18.7 Å². The Hall–Kier alpha value is -0.160. The molecule has 0 fully saturated rings. The fourth-order valence-electron chi connectivity index (χ4n) is 0.614. The lowest BCUT2D eigenvalue weighted by Gasteiger charge is -2.21. The third kappa shape index (κ3) is 5.49. The SMILES string of the molecule is [CH2]C(OC(N)CC)OC(N)CC. The van der Waals surface area contributed by atoms with Gasteiger partial charge < -0.3 is 20.9 Å². The largest absolute Gasteiger partial charge is 0.335 e. The Morgan fingerprint density at radius 1 is 1.08 bits per heavy atom. The molecule has 0 aromatic heterocycles. The summed E-state index contributed by atoms with van der Waals surface area (Å²) in [5.41, 5.74) is 11.0. The highest BCUT2D eigenvalue weighted by atomic mass is 16.7. The van der Waals surface area contributed by atoms with Crippen LogP contribution >= 0.6 is 0 Å². The van der Waals surface area contributed by atoms with Crippen molar-refractivity contribution in [3.63, 3.8) is 0 Å². The van der Waals surface area contributed by atoms with Crippen LogP contribution in [0.4, 0.5) is 0 Å². The Labute approximate surface area is 74.2 Å². The average molecular weight is 175 g/mol. The lowest BCUT2D eigenvalue weighted by Crippen LogP contribution is -2.34. The van der Waals surface area contributed by atoms with Crippen molar-refractivity contribution < 1.29 is 9.47 Å². The van der Waals surface area contributed by atoms with Gasteiger partial charge in [-0.05, 0) is 12.8 Å². The number of hydrogen-bond donors (Lipinski definition) is 2. The summed E-state index contributed by atoms with van der Waals surface area (Å²) < 4.78 is 10.3. The molecule has 4 N–H and O–H groups in total. The first-order chi connectivity index (χ1) is 5.60. The fourth-order valence-corrected chi connectivity index (χ4v) is 0.614. The molecule has 0 aromatic rings. The van der Waals surface area contributed by atoms with Crippen LogP contribution in [0.3, 0.4) is 0 Å². The van der Waals surface area contributed by atoms with Crippen molar-refractivity contribution in [2.75, 3.05) is 0 Å². The van der Waals surface area contributed by atoms with Crippen LogP contribution in [0.5, 0.6) is 0 Å². The molecule has 0 aliphatic rings. The number of nitrogens with two attached hydrogens (primary N) is 2. The highest BCUT2D eigenvalue weighted by Crippen LogP contribution is 2.01. The predicted molar refractivity (Wildman–Crippen MR) is 47.8 cm³/mol. The van der Waals surface area contributed by atoms with Crippen molar-refractivity contribution >= 4 is 0 Å². The highest BCUT2D eigenvalue weighted by molar-refractivity contribution is 4.53. The van der Waals surface area contributed by atoms with E-state index in [1.54, 1.807) is 0 Å². The van der Waals surface area contributed by atoms with Gasteiger partial charge >= 0.3 is 0 Å². The van der Waals surface area contributed by atoms with Crippen molar-refractivity contribution in [2.24, 2.45) is 11.5 Å². The third-order valence-corrected chi connectivity index (χ3v) is 1.46. The molecule has 0 amide bonds. The number of rotatable bonds is 6. The monoisotopic (exact) mass is 175 g/mol. The third-order valence-electron chi connectivity index (χ3n) is 1.46. The Bertz CT molecular complexity index is 99.2. The molecule has 0 aliphatic carbocycles. The second-order valence-corrected chi connectivity index (χ2v) is 2.60. The Kier molecular flexibility index (Phi) is 6.28. The summed E-state index contributed by atoms with van der Waals surface area (Å²) in [5, 5.41) is 0. The zero-order valence-corrected chi connectivity index (χ0v) is 7.82. The number of hydrogen-bond acceptors (Lipinski definition) is 4. The molecule has 0 saturated carbocycles. The maximum Gasteiger partial charge on any atom is 0.161 e. The van der Waals surface area contributed by atoms with E-state index in [9.17, 15) is 0 Å². The van der Waals surface area contributed by atoms with E-state index in [-0.39, 0.29) is 12.5 Å². The molecule has 73 valence electrons. The van der Waals surface area contributed by atoms with Crippen molar-refractivity contribution in [3.05, 3.63) is 6.92 Å². The minimum atomic E-state index is -0.574. The van der Waals surface area contributed by atoms with Gasteiger partial charge in [-0.15, -0.1) is 0 Å². The Morgan fingerprint density at radius 3 is 1.67 bits per heavy atom. The summed E-state index contributed by atoms with van der Waals surface area (Å²) in [5.74, 6) is 0. The molecule has 0 aliphatic heterocycles. The molecule has 2 unspecified atom stereocenters. The minimum Gasteiger partial charge on any atom is -0.335 e.